The number of rotatable bonds is 8. The fourth-order valence-electron chi connectivity index (χ4n) is 4.98. The summed E-state index contributed by atoms with van der Waals surface area (Å²) in [6, 6.07) is 48.6. The first kappa shape index (κ1) is 32.5. The molecule has 1 amide bonds. The maximum absolute atomic E-state index is 13.2. The van der Waals surface area contributed by atoms with E-state index in [0.717, 1.165) is 32.5 Å². The zero-order valence-corrected chi connectivity index (χ0v) is 26.2. The van der Waals surface area contributed by atoms with Crippen LogP contribution in [-0.4, -0.2) is 10.9 Å². The highest BCUT2D eigenvalue weighted by Crippen LogP contribution is 2.55. The lowest BCUT2D eigenvalue weighted by Crippen LogP contribution is -2.68. The first-order chi connectivity index (χ1) is 22.2. The van der Waals surface area contributed by atoms with Gasteiger partial charge in [-0.05, 0) is 67.6 Å². The van der Waals surface area contributed by atoms with E-state index < -0.39 is 17.5 Å². The van der Waals surface area contributed by atoms with Gasteiger partial charge in [-0.25, -0.2) is 18.6 Å². The van der Waals surface area contributed by atoms with Crippen molar-refractivity contribution in [2.45, 2.75) is 6.92 Å². The molecule has 0 saturated carbocycles. The van der Waals surface area contributed by atoms with Gasteiger partial charge in [0.25, 0.3) is 17.2 Å². The molecule has 0 unspecified atom stereocenters. The maximum Gasteiger partial charge on any atom is 0.278 e. The number of nitrogens with one attached hydrogen (secondary N) is 2. The molecule has 1 heterocycles. The number of benzene rings is 5. The summed E-state index contributed by atoms with van der Waals surface area (Å²) < 4.78 is 40.4. The number of oxazole rings is 1. The molecule has 11 heteroatoms. The molecule has 0 fully saturated rings. The number of carbonyl (C=O) groups excluding carboxylic acids is 1. The zero-order valence-electron chi connectivity index (χ0n) is 24.6. The van der Waals surface area contributed by atoms with E-state index in [0.29, 0.717) is 17.3 Å². The summed E-state index contributed by atoms with van der Waals surface area (Å²) in [6.45, 7) is 1.99. The molecule has 0 radical (unpaired) electrons. The lowest BCUT2D eigenvalue weighted by atomic mass is 10.1. The van der Waals surface area contributed by atoms with Crippen molar-refractivity contribution in [3.8, 4) is 11.5 Å². The van der Waals surface area contributed by atoms with Gasteiger partial charge in [0.1, 0.15) is 15.9 Å². The van der Waals surface area contributed by atoms with Gasteiger partial charge in [0.2, 0.25) is 5.89 Å². The summed E-state index contributed by atoms with van der Waals surface area (Å²) in [4.78, 5) is 18.4. The van der Waals surface area contributed by atoms with E-state index in [1.54, 1.807) is 12.1 Å². The fraction of sp³-hybridized carbons (Fsp3) is 0.0286. The van der Waals surface area contributed by atoms with Gasteiger partial charge in [-0.15, -0.1) is 10.2 Å². The number of aryl methyl sites for hydroxylation is 1. The minimum absolute atomic E-state index is 0.267. The summed E-state index contributed by atoms with van der Waals surface area (Å²) in [5.41, 5.74) is 9.21. The molecule has 0 aliphatic rings. The van der Waals surface area contributed by atoms with E-state index in [9.17, 15) is 4.79 Å². The van der Waals surface area contributed by atoms with Crippen molar-refractivity contribution in [3.05, 3.63) is 157 Å². The number of anilines is 1. The third-order valence-electron chi connectivity index (χ3n) is 6.98. The Morgan fingerprint density at radius 2 is 1.07 bits per heavy atom. The number of halogens is 1. The second-order valence-electron chi connectivity index (χ2n) is 10.0. The lowest BCUT2D eigenvalue weighted by Gasteiger charge is -2.25. The summed E-state index contributed by atoms with van der Waals surface area (Å²) in [5, 5.41) is 3.37. The lowest BCUT2D eigenvalue weighted by molar-refractivity contribution is -2.00. The van der Waals surface area contributed by atoms with Crippen molar-refractivity contribution in [3.63, 3.8) is 0 Å². The highest BCUT2D eigenvalue weighted by molar-refractivity contribution is 8.01. The molecule has 6 aromatic rings. The first-order valence-electron chi connectivity index (χ1n) is 14.0. The van der Waals surface area contributed by atoms with Crippen molar-refractivity contribution in [2.24, 2.45) is 0 Å². The Labute approximate surface area is 268 Å². The molecule has 0 atom stereocenters. The monoisotopic (exact) mass is 653 g/mol. The summed E-state index contributed by atoms with van der Waals surface area (Å²) in [5.74, 6) is 0.603. The molecular weight excluding hydrogens is 625 g/mol. The minimum atomic E-state index is -4.94. The predicted molar refractivity (Wildman–Crippen MR) is 169 cm³/mol. The maximum atomic E-state index is 13.2. The van der Waals surface area contributed by atoms with E-state index >= 15 is 0 Å². The van der Waals surface area contributed by atoms with Crippen LogP contribution < -0.4 is 50.8 Å². The molecule has 0 spiro atoms. The van der Waals surface area contributed by atoms with Crippen molar-refractivity contribution in [1.29, 1.82) is 0 Å². The minimum Gasteiger partial charge on any atom is -0.415 e. The smallest absolute Gasteiger partial charge is 0.278 e. The van der Waals surface area contributed by atoms with Gasteiger partial charge >= 0.3 is 0 Å². The van der Waals surface area contributed by atoms with Gasteiger partial charge in [-0.2, -0.15) is 4.98 Å². The van der Waals surface area contributed by atoms with E-state index in [1.165, 1.54) is 0 Å². The van der Waals surface area contributed by atoms with Crippen LogP contribution in [0.5, 0.6) is 0 Å². The number of hydrazine groups is 1. The van der Waals surface area contributed by atoms with Crippen LogP contribution in [0.3, 0.4) is 0 Å². The first-order valence-corrected chi connectivity index (χ1v) is 17.1. The van der Waals surface area contributed by atoms with Crippen molar-refractivity contribution < 1.29 is 38.1 Å². The molecule has 0 aliphatic carbocycles. The number of carbonyl (C=O) groups is 1. The second-order valence-corrected chi connectivity index (χ2v) is 14.1. The van der Waals surface area contributed by atoms with E-state index in [4.69, 9.17) is 28.0 Å². The number of aromatic nitrogens is 1. The Kier molecular flexibility index (Phi) is 10.2. The molecule has 5 aromatic carbocycles. The SMILES string of the molecule is Cc1ccc(C(=O)NNc2oc(-c3ccccc3)nc2[P+](c2ccccc2)(c2ccccc2)c2ccccc2)cc1.[O-][Cl+3]([O-])([O-])[O-]. The Morgan fingerprint density at radius 3 is 1.50 bits per heavy atom. The van der Waals surface area contributed by atoms with Crippen LogP contribution in [0.2, 0.25) is 0 Å². The molecule has 46 heavy (non-hydrogen) atoms. The molecule has 2 N–H and O–H groups in total. The van der Waals surface area contributed by atoms with Crippen LogP contribution in [0.4, 0.5) is 5.88 Å². The van der Waals surface area contributed by atoms with Gasteiger partial charge in [-0.1, -0.05) is 90.5 Å². The molecule has 0 saturated heterocycles. The number of hydrogen-bond acceptors (Lipinski definition) is 8. The van der Waals surface area contributed by atoms with Crippen molar-refractivity contribution in [1.82, 2.24) is 10.4 Å². The Morgan fingerprint density at radius 1 is 0.652 bits per heavy atom. The second kappa shape index (κ2) is 14.5. The third kappa shape index (κ3) is 7.67. The van der Waals surface area contributed by atoms with Crippen LogP contribution in [0.15, 0.2) is 150 Å². The molecule has 9 nitrogen and oxygen atoms in total. The van der Waals surface area contributed by atoms with Crippen LogP contribution in [0.25, 0.3) is 11.5 Å². The highest BCUT2D eigenvalue weighted by atomic mass is 35.7. The van der Waals surface area contributed by atoms with Gasteiger partial charge in [0, 0.05) is 11.1 Å². The van der Waals surface area contributed by atoms with E-state index in [-0.39, 0.29) is 5.91 Å². The number of hydrogen-bond donors (Lipinski definition) is 2. The molecular formula is C35H29ClN3O6P. The quantitative estimate of drug-likeness (QED) is 0.184. The van der Waals surface area contributed by atoms with Crippen molar-refractivity contribution >= 4 is 40.4 Å². The molecule has 1 aromatic heterocycles. The summed E-state index contributed by atoms with van der Waals surface area (Å²) in [6.07, 6.45) is 0. The molecule has 232 valence electrons. The third-order valence-corrected chi connectivity index (χ3v) is 11.1. The van der Waals surface area contributed by atoms with E-state index in [1.807, 2.05) is 67.6 Å². The van der Waals surface area contributed by atoms with Crippen LogP contribution in [0.1, 0.15) is 15.9 Å². The van der Waals surface area contributed by atoms with Crippen molar-refractivity contribution in [2.75, 3.05) is 5.43 Å². The van der Waals surface area contributed by atoms with Gasteiger partial charge in [0.05, 0.1) is 0 Å². The highest BCUT2D eigenvalue weighted by Gasteiger charge is 2.53. The van der Waals surface area contributed by atoms with Crippen LogP contribution >= 0.6 is 7.26 Å². The molecule has 0 aliphatic heterocycles. The Bertz CT molecular complexity index is 1750. The summed E-state index contributed by atoms with van der Waals surface area (Å²) >= 11 is 0. The topological polar surface area (TPSA) is 159 Å². The Hall–Kier alpha value is -4.86. The van der Waals surface area contributed by atoms with Gasteiger partial charge < -0.3 is 4.42 Å². The standard InChI is InChI=1S/C35H28N3O2P.ClHO4/c1-26-22-24-27(25-23-26)32(39)37-38-34-35(36-33(40-34)28-14-6-2-7-15-28)41(29-16-8-3-9-17-29,30-18-10-4-11-19-30)31-20-12-5-13-21-31;2-1(3,4)5/h2-25,38H,1H3;(H,2,3,4,5). The largest absolute Gasteiger partial charge is 0.415 e. The summed E-state index contributed by atoms with van der Waals surface area (Å²) in [7, 11) is -7.54. The van der Waals surface area contributed by atoms with Gasteiger partial charge in [0.15, 0.2) is 7.26 Å². The normalized spacial score (nSPS) is 11.2. The number of nitrogens with zero attached hydrogens (tertiary/aromatic N) is 1. The Balaban J connectivity index is 0.000000775. The fourth-order valence-corrected chi connectivity index (χ4v) is 9.12. The van der Waals surface area contributed by atoms with Crippen LogP contribution in [-0.2, 0) is 0 Å². The molecule has 0 bridgehead atoms. The molecule has 6 rings (SSSR count). The predicted octanol–water partition coefficient (Wildman–Crippen LogP) is 1.27. The van der Waals surface area contributed by atoms with Gasteiger partial charge in [-0.3, -0.25) is 15.6 Å². The zero-order chi connectivity index (χ0) is 32.6. The average molecular weight is 654 g/mol. The van der Waals surface area contributed by atoms with Crippen LogP contribution in [0, 0.1) is 17.2 Å². The number of amides is 1. The van der Waals surface area contributed by atoms with E-state index in [2.05, 4.69) is 83.6 Å². The average Bonchev–Trinajstić information content (AvgIpc) is 3.50.